The highest BCUT2D eigenvalue weighted by atomic mass is 16.3. The molecule has 0 unspecified atom stereocenters. The van der Waals surface area contributed by atoms with Crippen LogP contribution in [0.3, 0.4) is 0 Å². The third-order valence-corrected chi connectivity index (χ3v) is 1.75. The minimum absolute atomic E-state index is 0.00995. The molecular formula is C9H8N2O. The van der Waals surface area contributed by atoms with Gasteiger partial charge in [0.15, 0.2) is 0 Å². The van der Waals surface area contributed by atoms with E-state index in [1.807, 2.05) is 18.2 Å². The van der Waals surface area contributed by atoms with E-state index in [1.54, 1.807) is 12.4 Å². The Morgan fingerprint density at radius 1 is 1.17 bits per heavy atom. The lowest BCUT2D eigenvalue weighted by atomic mass is 10.2. The first kappa shape index (κ1) is 7.18. The lowest BCUT2D eigenvalue weighted by molar-refractivity contribution is 0.283. The number of fused-ring (bicyclic) bond motifs is 1. The number of benzene rings is 1. The van der Waals surface area contributed by atoms with Crippen LogP contribution in [-0.4, -0.2) is 15.1 Å². The van der Waals surface area contributed by atoms with E-state index in [2.05, 4.69) is 9.97 Å². The molecule has 1 N–H and O–H groups in total. The first-order valence-electron chi connectivity index (χ1n) is 3.71. The van der Waals surface area contributed by atoms with Gasteiger partial charge in [-0.3, -0.25) is 9.97 Å². The molecule has 0 atom stereocenters. The molecule has 0 saturated heterocycles. The number of rotatable bonds is 1. The molecule has 0 saturated carbocycles. The van der Waals surface area contributed by atoms with E-state index in [9.17, 15) is 0 Å². The molecule has 3 heteroatoms. The van der Waals surface area contributed by atoms with Crippen molar-refractivity contribution in [3.63, 3.8) is 0 Å². The van der Waals surface area contributed by atoms with Gasteiger partial charge in [-0.05, 0) is 6.07 Å². The summed E-state index contributed by atoms with van der Waals surface area (Å²) in [4.78, 5) is 8.25. The molecule has 1 aromatic carbocycles. The van der Waals surface area contributed by atoms with Gasteiger partial charge in [-0.15, -0.1) is 0 Å². The second-order valence-electron chi connectivity index (χ2n) is 2.50. The molecular weight excluding hydrogens is 152 g/mol. The first-order chi connectivity index (χ1) is 5.92. The van der Waals surface area contributed by atoms with Crippen molar-refractivity contribution < 1.29 is 5.11 Å². The maximum absolute atomic E-state index is 8.97. The maximum Gasteiger partial charge on any atom is 0.0941 e. The Bertz CT molecular complexity index is 395. The van der Waals surface area contributed by atoms with Gasteiger partial charge in [-0.1, -0.05) is 12.1 Å². The average Bonchev–Trinajstić information content (AvgIpc) is 2.17. The quantitative estimate of drug-likeness (QED) is 0.680. The summed E-state index contributed by atoms with van der Waals surface area (Å²) in [6.07, 6.45) is 3.27. The molecule has 0 radical (unpaired) electrons. The highest BCUT2D eigenvalue weighted by Gasteiger charge is 1.99. The van der Waals surface area contributed by atoms with E-state index in [-0.39, 0.29) is 6.61 Å². The first-order valence-corrected chi connectivity index (χ1v) is 3.71. The molecule has 0 bridgehead atoms. The van der Waals surface area contributed by atoms with Gasteiger partial charge >= 0.3 is 0 Å². The van der Waals surface area contributed by atoms with Crippen molar-refractivity contribution >= 4 is 11.0 Å². The van der Waals surface area contributed by atoms with Crippen molar-refractivity contribution in [2.24, 2.45) is 0 Å². The molecule has 2 aromatic rings. The smallest absolute Gasteiger partial charge is 0.0941 e. The van der Waals surface area contributed by atoms with E-state index in [1.165, 1.54) is 0 Å². The van der Waals surface area contributed by atoms with Crippen LogP contribution in [0, 0.1) is 0 Å². The number of hydrogen-bond acceptors (Lipinski definition) is 3. The highest BCUT2D eigenvalue weighted by Crippen LogP contribution is 2.12. The monoisotopic (exact) mass is 160 g/mol. The summed E-state index contributed by atoms with van der Waals surface area (Å²) in [5.41, 5.74) is 2.42. The second-order valence-corrected chi connectivity index (χ2v) is 2.50. The Morgan fingerprint density at radius 2 is 2.00 bits per heavy atom. The summed E-state index contributed by atoms with van der Waals surface area (Å²) < 4.78 is 0. The van der Waals surface area contributed by atoms with Gasteiger partial charge in [0.25, 0.3) is 0 Å². The van der Waals surface area contributed by atoms with Gasteiger partial charge in [-0.25, -0.2) is 0 Å². The van der Waals surface area contributed by atoms with Crippen molar-refractivity contribution in [3.05, 3.63) is 36.2 Å². The van der Waals surface area contributed by atoms with Gasteiger partial charge in [0.2, 0.25) is 0 Å². The summed E-state index contributed by atoms with van der Waals surface area (Å²) in [6, 6.07) is 5.58. The van der Waals surface area contributed by atoms with Crippen LogP contribution in [0.1, 0.15) is 5.56 Å². The van der Waals surface area contributed by atoms with E-state index < -0.39 is 0 Å². The second kappa shape index (κ2) is 2.87. The molecule has 60 valence electrons. The van der Waals surface area contributed by atoms with Crippen molar-refractivity contribution in [2.75, 3.05) is 0 Å². The van der Waals surface area contributed by atoms with Crippen LogP contribution in [0.15, 0.2) is 30.6 Å². The fourth-order valence-corrected chi connectivity index (χ4v) is 1.18. The third-order valence-electron chi connectivity index (χ3n) is 1.75. The van der Waals surface area contributed by atoms with Gasteiger partial charge < -0.3 is 5.11 Å². The predicted octanol–water partition coefficient (Wildman–Crippen LogP) is 1.12. The molecule has 1 heterocycles. The van der Waals surface area contributed by atoms with Crippen LogP contribution >= 0.6 is 0 Å². The summed E-state index contributed by atoms with van der Waals surface area (Å²) >= 11 is 0. The largest absolute Gasteiger partial charge is 0.392 e. The van der Waals surface area contributed by atoms with Gasteiger partial charge in [-0.2, -0.15) is 0 Å². The number of aliphatic hydroxyl groups is 1. The van der Waals surface area contributed by atoms with E-state index in [4.69, 9.17) is 5.11 Å². The average molecular weight is 160 g/mol. The van der Waals surface area contributed by atoms with Crippen LogP contribution < -0.4 is 0 Å². The number of nitrogens with zero attached hydrogens (tertiary/aromatic N) is 2. The Labute approximate surface area is 69.7 Å². The van der Waals surface area contributed by atoms with E-state index in [0.29, 0.717) is 0 Å². The highest BCUT2D eigenvalue weighted by molar-refractivity contribution is 5.77. The Morgan fingerprint density at radius 3 is 2.83 bits per heavy atom. The minimum Gasteiger partial charge on any atom is -0.392 e. The fourth-order valence-electron chi connectivity index (χ4n) is 1.18. The molecule has 12 heavy (non-hydrogen) atoms. The zero-order chi connectivity index (χ0) is 8.39. The van der Waals surface area contributed by atoms with Crippen LogP contribution in [0.4, 0.5) is 0 Å². The van der Waals surface area contributed by atoms with E-state index in [0.717, 1.165) is 16.6 Å². The van der Waals surface area contributed by atoms with Gasteiger partial charge in [0, 0.05) is 18.0 Å². The van der Waals surface area contributed by atoms with Crippen LogP contribution in [0.5, 0.6) is 0 Å². The fraction of sp³-hybridized carbons (Fsp3) is 0.111. The predicted molar refractivity (Wildman–Crippen MR) is 45.5 cm³/mol. The standard InChI is InChI=1S/C9H8N2O/c12-6-7-2-1-3-8-9(7)11-5-4-10-8/h1-5,12H,6H2. The lowest BCUT2D eigenvalue weighted by Gasteiger charge is -1.99. The van der Waals surface area contributed by atoms with Crippen molar-refractivity contribution in [1.29, 1.82) is 0 Å². The summed E-state index contributed by atoms with van der Waals surface area (Å²) in [7, 11) is 0. The number of hydrogen-bond donors (Lipinski definition) is 1. The SMILES string of the molecule is OCc1cccc2nccnc12. The molecule has 0 amide bonds. The van der Waals surface area contributed by atoms with Crippen LogP contribution in [-0.2, 0) is 6.61 Å². The number of para-hydroxylation sites is 1. The van der Waals surface area contributed by atoms with E-state index >= 15 is 0 Å². The Hall–Kier alpha value is -1.48. The van der Waals surface area contributed by atoms with Crippen molar-refractivity contribution in [2.45, 2.75) is 6.61 Å². The van der Waals surface area contributed by atoms with Crippen molar-refractivity contribution in [1.82, 2.24) is 9.97 Å². The Balaban J connectivity index is 2.79. The zero-order valence-electron chi connectivity index (χ0n) is 6.44. The van der Waals surface area contributed by atoms with Crippen molar-refractivity contribution in [3.8, 4) is 0 Å². The van der Waals surface area contributed by atoms with Crippen LogP contribution in [0.2, 0.25) is 0 Å². The molecule has 0 fully saturated rings. The summed E-state index contributed by atoms with van der Waals surface area (Å²) in [5, 5.41) is 8.97. The van der Waals surface area contributed by atoms with Crippen LogP contribution in [0.25, 0.3) is 11.0 Å². The molecule has 3 nitrogen and oxygen atoms in total. The molecule has 0 aliphatic heterocycles. The Kier molecular flexibility index (Phi) is 1.72. The lowest BCUT2D eigenvalue weighted by Crippen LogP contribution is -1.89. The third kappa shape index (κ3) is 1.04. The molecule has 2 rings (SSSR count). The number of aliphatic hydroxyl groups excluding tert-OH is 1. The number of aromatic nitrogens is 2. The zero-order valence-corrected chi connectivity index (χ0v) is 6.44. The minimum atomic E-state index is 0.00995. The molecule has 1 aromatic heterocycles. The summed E-state index contributed by atoms with van der Waals surface area (Å²) in [6.45, 7) is 0.00995. The normalized spacial score (nSPS) is 10.4. The van der Waals surface area contributed by atoms with Gasteiger partial charge in [0.05, 0.1) is 17.6 Å². The molecule has 0 spiro atoms. The molecule has 0 aliphatic carbocycles. The summed E-state index contributed by atoms with van der Waals surface area (Å²) in [5.74, 6) is 0. The maximum atomic E-state index is 8.97. The van der Waals surface area contributed by atoms with Gasteiger partial charge in [0.1, 0.15) is 0 Å². The topological polar surface area (TPSA) is 46.0 Å². The molecule has 0 aliphatic rings.